The second-order valence-electron chi connectivity index (χ2n) is 6.76. The van der Waals surface area contributed by atoms with E-state index in [1.807, 2.05) is 13.8 Å². The van der Waals surface area contributed by atoms with Crippen LogP contribution >= 0.6 is 11.6 Å². The van der Waals surface area contributed by atoms with Crippen molar-refractivity contribution in [3.63, 3.8) is 0 Å². The first-order chi connectivity index (χ1) is 11.1. The van der Waals surface area contributed by atoms with E-state index in [9.17, 15) is 9.59 Å². The van der Waals surface area contributed by atoms with Gasteiger partial charge in [-0.15, -0.1) is 0 Å². The summed E-state index contributed by atoms with van der Waals surface area (Å²) in [5.41, 5.74) is 6.97. The van der Waals surface area contributed by atoms with Crippen LogP contribution in [0.4, 0.5) is 5.69 Å². The van der Waals surface area contributed by atoms with E-state index in [1.54, 1.807) is 30.1 Å². The molecule has 3 N–H and O–H groups in total. The minimum absolute atomic E-state index is 0.0485. The van der Waals surface area contributed by atoms with Crippen molar-refractivity contribution in [3.05, 3.63) is 28.8 Å². The largest absolute Gasteiger partial charge is 0.342 e. The molecule has 1 aromatic rings. The summed E-state index contributed by atoms with van der Waals surface area (Å²) in [5.74, 6) is -0.0599. The third-order valence-corrected chi connectivity index (χ3v) is 4.32. The van der Waals surface area contributed by atoms with Crippen molar-refractivity contribution in [2.45, 2.75) is 40.2 Å². The van der Waals surface area contributed by atoms with E-state index in [0.29, 0.717) is 28.7 Å². The standard InChI is InChI=1S/C18H28ClN3O2/c1-11(2)16(20)8-9-22(5)18(24)14-10-13(6-7-15(14)19)21-17(23)12(3)4/h6-7,10-12,16H,8-9,20H2,1-5H3,(H,21,23). The zero-order valence-corrected chi connectivity index (χ0v) is 15.9. The maximum Gasteiger partial charge on any atom is 0.255 e. The first-order valence-electron chi connectivity index (χ1n) is 8.25. The average molecular weight is 354 g/mol. The monoisotopic (exact) mass is 353 g/mol. The van der Waals surface area contributed by atoms with Gasteiger partial charge in [0.15, 0.2) is 0 Å². The lowest BCUT2D eigenvalue weighted by Crippen LogP contribution is -2.34. The van der Waals surface area contributed by atoms with Crippen molar-refractivity contribution in [1.82, 2.24) is 4.90 Å². The predicted molar refractivity (Wildman–Crippen MR) is 99.3 cm³/mol. The molecule has 1 rings (SSSR count). The van der Waals surface area contributed by atoms with E-state index >= 15 is 0 Å². The van der Waals surface area contributed by atoms with Crippen LogP contribution in [-0.4, -0.2) is 36.3 Å². The molecule has 24 heavy (non-hydrogen) atoms. The molecule has 1 unspecified atom stereocenters. The molecular formula is C18H28ClN3O2. The number of benzene rings is 1. The van der Waals surface area contributed by atoms with E-state index in [0.717, 1.165) is 6.42 Å². The molecule has 0 aromatic heterocycles. The summed E-state index contributed by atoms with van der Waals surface area (Å²) in [7, 11) is 1.73. The lowest BCUT2D eigenvalue weighted by Gasteiger charge is -2.22. The van der Waals surface area contributed by atoms with Gasteiger partial charge in [-0.3, -0.25) is 9.59 Å². The molecular weight excluding hydrogens is 326 g/mol. The molecule has 0 fully saturated rings. The van der Waals surface area contributed by atoms with Crippen molar-refractivity contribution in [3.8, 4) is 0 Å². The molecule has 0 aliphatic carbocycles. The molecule has 0 saturated carbocycles. The van der Waals surface area contributed by atoms with Gasteiger partial charge in [0.1, 0.15) is 0 Å². The van der Waals surface area contributed by atoms with Gasteiger partial charge in [-0.2, -0.15) is 0 Å². The van der Waals surface area contributed by atoms with Crippen LogP contribution in [0.25, 0.3) is 0 Å². The van der Waals surface area contributed by atoms with Gasteiger partial charge in [0.05, 0.1) is 10.6 Å². The van der Waals surface area contributed by atoms with E-state index in [1.165, 1.54) is 0 Å². The number of nitrogens with zero attached hydrogens (tertiary/aromatic N) is 1. The van der Waals surface area contributed by atoms with Crippen LogP contribution in [-0.2, 0) is 4.79 Å². The Morgan fingerprint density at radius 1 is 1.25 bits per heavy atom. The fraction of sp³-hybridized carbons (Fsp3) is 0.556. The maximum absolute atomic E-state index is 12.6. The van der Waals surface area contributed by atoms with Crippen molar-refractivity contribution in [1.29, 1.82) is 0 Å². The van der Waals surface area contributed by atoms with Crippen molar-refractivity contribution in [2.75, 3.05) is 18.9 Å². The number of carbonyl (C=O) groups excluding carboxylic acids is 2. The second kappa shape index (κ2) is 9.04. The highest BCUT2D eigenvalue weighted by Crippen LogP contribution is 2.22. The smallest absolute Gasteiger partial charge is 0.255 e. The van der Waals surface area contributed by atoms with Crippen LogP contribution in [0.2, 0.25) is 5.02 Å². The van der Waals surface area contributed by atoms with Crippen LogP contribution in [0.1, 0.15) is 44.5 Å². The van der Waals surface area contributed by atoms with E-state index in [2.05, 4.69) is 19.2 Å². The number of rotatable bonds is 7. The van der Waals surface area contributed by atoms with Gasteiger partial charge in [-0.25, -0.2) is 0 Å². The van der Waals surface area contributed by atoms with Gasteiger partial charge in [0.25, 0.3) is 5.91 Å². The second-order valence-corrected chi connectivity index (χ2v) is 7.17. The highest BCUT2D eigenvalue weighted by atomic mass is 35.5. The van der Waals surface area contributed by atoms with Crippen LogP contribution < -0.4 is 11.1 Å². The molecule has 5 nitrogen and oxygen atoms in total. The summed E-state index contributed by atoms with van der Waals surface area (Å²) in [5, 5.41) is 3.14. The zero-order valence-electron chi connectivity index (χ0n) is 15.1. The molecule has 0 saturated heterocycles. The summed E-state index contributed by atoms with van der Waals surface area (Å²) >= 11 is 6.16. The first-order valence-corrected chi connectivity index (χ1v) is 8.62. The topological polar surface area (TPSA) is 75.4 Å². The molecule has 1 aromatic carbocycles. The Bertz CT molecular complexity index is 588. The number of halogens is 1. The number of nitrogens with one attached hydrogen (secondary N) is 1. The van der Waals surface area contributed by atoms with Crippen LogP contribution in [0, 0.1) is 11.8 Å². The Kier molecular flexibility index (Phi) is 7.70. The Morgan fingerprint density at radius 3 is 2.42 bits per heavy atom. The summed E-state index contributed by atoms with van der Waals surface area (Å²) in [6.07, 6.45) is 0.724. The first kappa shape index (κ1) is 20.5. The number of hydrogen-bond donors (Lipinski definition) is 2. The summed E-state index contributed by atoms with van der Waals surface area (Å²) < 4.78 is 0. The normalized spacial score (nSPS) is 12.4. The third-order valence-electron chi connectivity index (χ3n) is 3.99. The lowest BCUT2D eigenvalue weighted by molar-refractivity contribution is -0.118. The van der Waals surface area contributed by atoms with Gasteiger partial charge in [0, 0.05) is 31.2 Å². The predicted octanol–water partition coefficient (Wildman–Crippen LogP) is 3.38. The zero-order chi connectivity index (χ0) is 18.4. The number of hydrogen-bond acceptors (Lipinski definition) is 3. The quantitative estimate of drug-likeness (QED) is 0.789. The van der Waals surface area contributed by atoms with Crippen molar-refractivity contribution >= 4 is 29.1 Å². The summed E-state index contributed by atoms with van der Waals surface area (Å²) in [6, 6.07) is 4.98. The van der Waals surface area contributed by atoms with E-state index in [-0.39, 0.29) is 23.8 Å². The lowest BCUT2D eigenvalue weighted by atomic mass is 10.0. The SMILES string of the molecule is CC(C)C(=O)Nc1ccc(Cl)c(C(=O)N(C)CCC(N)C(C)C)c1. The molecule has 0 aliphatic rings. The van der Waals surface area contributed by atoms with Gasteiger partial charge in [-0.05, 0) is 30.5 Å². The molecule has 134 valence electrons. The molecule has 0 spiro atoms. The summed E-state index contributed by atoms with van der Waals surface area (Å²) in [4.78, 5) is 26.0. The highest BCUT2D eigenvalue weighted by Gasteiger charge is 2.18. The van der Waals surface area contributed by atoms with Crippen molar-refractivity contribution in [2.24, 2.45) is 17.6 Å². The molecule has 0 heterocycles. The van der Waals surface area contributed by atoms with Gasteiger partial charge < -0.3 is 16.0 Å². The fourth-order valence-electron chi connectivity index (χ4n) is 2.04. The Labute approximate surface area is 149 Å². The molecule has 0 bridgehead atoms. The van der Waals surface area contributed by atoms with Crippen LogP contribution in [0.5, 0.6) is 0 Å². The van der Waals surface area contributed by atoms with Crippen LogP contribution in [0.15, 0.2) is 18.2 Å². The number of carbonyl (C=O) groups is 2. The Balaban J connectivity index is 2.83. The maximum atomic E-state index is 12.6. The number of nitrogens with two attached hydrogens (primary N) is 1. The van der Waals surface area contributed by atoms with E-state index < -0.39 is 0 Å². The molecule has 2 amide bonds. The Morgan fingerprint density at radius 2 is 1.88 bits per heavy atom. The highest BCUT2D eigenvalue weighted by molar-refractivity contribution is 6.34. The summed E-state index contributed by atoms with van der Waals surface area (Å²) in [6.45, 7) is 8.29. The average Bonchev–Trinajstić information content (AvgIpc) is 2.52. The Hall–Kier alpha value is -1.59. The minimum Gasteiger partial charge on any atom is -0.342 e. The molecule has 0 aliphatic heterocycles. The molecule has 1 atom stereocenters. The van der Waals surface area contributed by atoms with Gasteiger partial charge in [-0.1, -0.05) is 39.3 Å². The number of amides is 2. The van der Waals surface area contributed by atoms with Crippen molar-refractivity contribution < 1.29 is 9.59 Å². The van der Waals surface area contributed by atoms with E-state index in [4.69, 9.17) is 17.3 Å². The molecule has 6 heteroatoms. The minimum atomic E-state index is -0.184. The third kappa shape index (κ3) is 5.80. The van der Waals surface area contributed by atoms with Gasteiger partial charge >= 0.3 is 0 Å². The fourth-order valence-corrected chi connectivity index (χ4v) is 2.24. The molecule has 0 radical (unpaired) electrons. The van der Waals surface area contributed by atoms with Gasteiger partial charge in [0.2, 0.25) is 5.91 Å². The van der Waals surface area contributed by atoms with Crippen LogP contribution in [0.3, 0.4) is 0 Å². The number of anilines is 1.